The molecule has 2 aliphatic heterocycles. The van der Waals surface area contributed by atoms with Gasteiger partial charge in [-0.15, -0.1) is 0 Å². The van der Waals surface area contributed by atoms with Crippen LogP contribution in [0.1, 0.15) is 50.3 Å². The Bertz CT molecular complexity index is 1020. The maximum absolute atomic E-state index is 14.9. The van der Waals surface area contributed by atoms with E-state index in [1.54, 1.807) is 13.0 Å². The van der Waals surface area contributed by atoms with Gasteiger partial charge >= 0.3 is 5.97 Å². The summed E-state index contributed by atoms with van der Waals surface area (Å²) in [4.78, 5) is 15.6. The van der Waals surface area contributed by atoms with Crippen LogP contribution in [0, 0.1) is 11.7 Å². The first kappa shape index (κ1) is 25.3. The molecule has 2 heterocycles. The van der Waals surface area contributed by atoms with E-state index in [0.717, 1.165) is 37.2 Å². The molecule has 3 unspecified atom stereocenters. The molecule has 3 atom stereocenters. The fourth-order valence-electron chi connectivity index (χ4n) is 5.06. The van der Waals surface area contributed by atoms with Gasteiger partial charge in [-0.3, -0.25) is 9.69 Å². The third kappa shape index (κ3) is 5.54. The van der Waals surface area contributed by atoms with E-state index < -0.39 is 11.7 Å². The highest BCUT2D eigenvalue weighted by molar-refractivity contribution is 5.76. The second kappa shape index (κ2) is 11.7. The van der Waals surface area contributed by atoms with Gasteiger partial charge in [0.1, 0.15) is 0 Å². The molecule has 2 aromatic rings. The number of likely N-dealkylation sites (tertiary alicyclic amines) is 1. The van der Waals surface area contributed by atoms with Crippen LogP contribution in [0.25, 0.3) is 0 Å². The summed E-state index contributed by atoms with van der Waals surface area (Å²) in [7, 11) is 0. The lowest BCUT2D eigenvalue weighted by Gasteiger charge is -2.28. The number of nitrogens with one attached hydrogen (secondary N) is 1. The van der Waals surface area contributed by atoms with E-state index in [2.05, 4.69) is 17.1 Å². The van der Waals surface area contributed by atoms with Crippen LogP contribution in [0.15, 0.2) is 36.4 Å². The first-order valence-electron chi connectivity index (χ1n) is 12.5. The topological polar surface area (TPSA) is 69.3 Å². The fourth-order valence-corrected chi connectivity index (χ4v) is 5.06. The minimum Gasteiger partial charge on any atom is -0.491 e. The van der Waals surface area contributed by atoms with Gasteiger partial charge in [0.05, 0.1) is 19.1 Å². The highest BCUT2D eigenvalue weighted by atomic mass is 19.1. The van der Waals surface area contributed by atoms with Gasteiger partial charge in [0.2, 0.25) is 6.79 Å². The first-order valence-corrected chi connectivity index (χ1v) is 12.5. The van der Waals surface area contributed by atoms with Crippen LogP contribution in [-0.4, -0.2) is 57.1 Å². The van der Waals surface area contributed by atoms with E-state index in [0.29, 0.717) is 24.7 Å². The Morgan fingerprint density at radius 3 is 2.60 bits per heavy atom. The summed E-state index contributed by atoms with van der Waals surface area (Å²) in [5.74, 6) is 0.238. The van der Waals surface area contributed by atoms with Gasteiger partial charge in [-0.05, 0) is 62.2 Å². The maximum atomic E-state index is 14.9. The number of nitrogens with zero attached hydrogens (tertiary/aromatic N) is 1. The molecule has 2 aliphatic rings. The van der Waals surface area contributed by atoms with Gasteiger partial charge in [0.15, 0.2) is 23.1 Å². The molecule has 0 bridgehead atoms. The van der Waals surface area contributed by atoms with Crippen LogP contribution in [0.5, 0.6) is 17.2 Å². The van der Waals surface area contributed by atoms with Crippen molar-refractivity contribution in [3.05, 3.63) is 53.3 Å². The molecular weight excluding hydrogens is 451 g/mol. The predicted octanol–water partition coefficient (Wildman–Crippen LogP) is 4.27. The van der Waals surface area contributed by atoms with Crippen molar-refractivity contribution >= 4 is 5.97 Å². The summed E-state index contributed by atoms with van der Waals surface area (Å²) < 4.78 is 36.9. The van der Waals surface area contributed by atoms with Crippen LogP contribution in [0.4, 0.5) is 4.39 Å². The Morgan fingerprint density at radius 2 is 1.86 bits per heavy atom. The second-order valence-electron chi connectivity index (χ2n) is 8.81. The Morgan fingerprint density at radius 1 is 1.06 bits per heavy atom. The van der Waals surface area contributed by atoms with E-state index in [4.69, 9.17) is 18.9 Å². The molecule has 2 aromatic carbocycles. The van der Waals surface area contributed by atoms with Gasteiger partial charge in [-0.25, -0.2) is 4.39 Å². The molecule has 0 saturated carbocycles. The largest absolute Gasteiger partial charge is 0.491 e. The lowest BCUT2D eigenvalue weighted by atomic mass is 9.82. The van der Waals surface area contributed by atoms with E-state index in [-0.39, 0.29) is 37.1 Å². The van der Waals surface area contributed by atoms with Gasteiger partial charge < -0.3 is 24.3 Å². The molecule has 1 fully saturated rings. The predicted molar refractivity (Wildman–Crippen MR) is 130 cm³/mol. The minimum absolute atomic E-state index is 0.144. The SMILES string of the molecule is CCCNCCN1CC(c2ccc3c(c2)OCO3)C(C(=O)OCC)C1c1ccc(OCC)c(F)c1. The molecule has 190 valence electrons. The molecule has 1 N–H and O–H groups in total. The number of halogens is 1. The second-order valence-corrected chi connectivity index (χ2v) is 8.81. The summed E-state index contributed by atoms with van der Waals surface area (Å²) in [6, 6.07) is 10.5. The number of rotatable bonds is 11. The van der Waals surface area contributed by atoms with Crippen LogP contribution < -0.4 is 19.5 Å². The number of benzene rings is 2. The monoisotopic (exact) mass is 486 g/mol. The third-order valence-corrected chi connectivity index (χ3v) is 6.58. The van der Waals surface area contributed by atoms with Gasteiger partial charge in [0, 0.05) is 31.6 Å². The zero-order valence-electron chi connectivity index (χ0n) is 20.7. The van der Waals surface area contributed by atoms with Crippen molar-refractivity contribution in [2.24, 2.45) is 5.92 Å². The maximum Gasteiger partial charge on any atom is 0.311 e. The molecule has 0 aliphatic carbocycles. The average Bonchev–Trinajstić information content (AvgIpc) is 3.47. The van der Waals surface area contributed by atoms with Crippen LogP contribution in [0.3, 0.4) is 0 Å². The molecule has 0 aromatic heterocycles. The van der Waals surface area contributed by atoms with E-state index in [9.17, 15) is 9.18 Å². The van der Waals surface area contributed by atoms with Crippen molar-refractivity contribution < 1.29 is 28.1 Å². The summed E-state index contributed by atoms with van der Waals surface area (Å²) in [5, 5.41) is 3.44. The van der Waals surface area contributed by atoms with Crippen LogP contribution >= 0.6 is 0 Å². The number of carbonyl (C=O) groups excluding carboxylic acids is 1. The third-order valence-electron chi connectivity index (χ3n) is 6.58. The van der Waals surface area contributed by atoms with Crippen molar-refractivity contribution in [3.63, 3.8) is 0 Å². The van der Waals surface area contributed by atoms with Crippen molar-refractivity contribution in [3.8, 4) is 17.2 Å². The van der Waals surface area contributed by atoms with E-state index in [1.165, 1.54) is 6.07 Å². The lowest BCUT2D eigenvalue weighted by Crippen LogP contribution is -2.34. The quantitative estimate of drug-likeness (QED) is 0.376. The summed E-state index contributed by atoms with van der Waals surface area (Å²) in [5.41, 5.74) is 1.72. The van der Waals surface area contributed by atoms with Crippen molar-refractivity contribution in [1.29, 1.82) is 0 Å². The van der Waals surface area contributed by atoms with E-state index >= 15 is 0 Å². The number of carbonyl (C=O) groups is 1. The summed E-state index contributed by atoms with van der Waals surface area (Å²) in [6.07, 6.45) is 1.04. The van der Waals surface area contributed by atoms with E-state index in [1.807, 2.05) is 31.2 Å². The molecule has 35 heavy (non-hydrogen) atoms. The number of esters is 1. The highest BCUT2D eigenvalue weighted by Crippen LogP contribution is 2.48. The number of fused-ring (bicyclic) bond motifs is 1. The van der Waals surface area contributed by atoms with Crippen molar-refractivity contribution in [2.75, 3.05) is 46.2 Å². The Labute approximate surface area is 206 Å². The Hall–Kier alpha value is -2.84. The smallest absolute Gasteiger partial charge is 0.311 e. The minimum atomic E-state index is -0.501. The van der Waals surface area contributed by atoms with Gasteiger partial charge in [-0.1, -0.05) is 19.1 Å². The van der Waals surface area contributed by atoms with Crippen molar-refractivity contribution in [1.82, 2.24) is 10.2 Å². The summed E-state index contributed by atoms with van der Waals surface area (Å²) in [6.45, 7) is 9.65. The first-order chi connectivity index (χ1) is 17.1. The molecule has 0 amide bonds. The zero-order chi connectivity index (χ0) is 24.8. The summed E-state index contributed by atoms with van der Waals surface area (Å²) >= 11 is 0. The van der Waals surface area contributed by atoms with Crippen LogP contribution in [-0.2, 0) is 9.53 Å². The fraction of sp³-hybridized carbons (Fsp3) is 0.519. The van der Waals surface area contributed by atoms with Gasteiger partial charge in [-0.2, -0.15) is 0 Å². The number of hydrogen-bond donors (Lipinski definition) is 1. The standard InChI is InChI=1S/C27H35FN2O5/c1-4-11-29-12-13-30-16-20(18-7-10-23-24(15-18)35-17-34-23)25(27(31)33-6-3)26(30)19-8-9-22(32-5-2)21(28)14-19/h7-10,14-15,20,25-26,29H,4-6,11-13,16-17H2,1-3H3. The Balaban J connectivity index is 1.71. The van der Waals surface area contributed by atoms with Gasteiger partial charge in [0.25, 0.3) is 0 Å². The number of hydrogen-bond acceptors (Lipinski definition) is 7. The lowest BCUT2D eigenvalue weighted by molar-refractivity contribution is -0.149. The average molecular weight is 487 g/mol. The van der Waals surface area contributed by atoms with Crippen LogP contribution in [0.2, 0.25) is 0 Å². The van der Waals surface area contributed by atoms with Crippen molar-refractivity contribution in [2.45, 2.75) is 39.2 Å². The highest BCUT2D eigenvalue weighted by Gasteiger charge is 2.48. The molecule has 8 heteroatoms. The molecule has 0 spiro atoms. The zero-order valence-corrected chi connectivity index (χ0v) is 20.7. The Kier molecular flexibility index (Phi) is 8.46. The molecular formula is C27H35FN2O5. The number of ether oxygens (including phenoxy) is 4. The normalized spacial score (nSPS) is 21.3. The molecule has 1 saturated heterocycles. The molecule has 7 nitrogen and oxygen atoms in total. The molecule has 0 radical (unpaired) electrons. The molecule has 4 rings (SSSR count).